The average molecular weight is 613 g/mol. The van der Waals surface area contributed by atoms with Gasteiger partial charge in [-0.15, -0.1) is 11.3 Å². The van der Waals surface area contributed by atoms with Gasteiger partial charge in [0, 0.05) is 34.7 Å². The molecule has 7 nitrogen and oxygen atoms in total. The monoisotopic (exact) mass is 611 g/mol. The summed E-state index contributed by atoms with van der Waals surface area (Å²) in [4.78, 5) is 24.2. The number of carbonyl (C=O) groups excluding carboxylic acids is 1. The summed E-state index contributed by atoms with van der Waals surface area (Å²) in [6.07, 6.45) is 1.82. The van der Waals surface area contributed by atoms with Crippen LogP contribution in [0, 0.1) is 6.92 Å². The fourth-order valence-corrected chi connectivity index (χ4v) is 4.94. The van der Waals surface area contributed by atoms with E-state index < -0.39 is 17.2 Å². The minimum atomic E-state index is -1.11. The molecule has 4 aromatic rings. The highest BCUT2D eigenvalue weighted by molar-refractivity contribution is 9.10. The summed E-state index contributed by atoms with van der Waals surface area (Å²) in [5.41, 5.74) is 1.23. The van der Waals surface area contributed by atoms with Crippen LogP contribution in [0.25, 0.3) is 11.5 Å². The quantitative estimate of drug-likeness (QED) is 0.171. The van der Waals surface area contributed by atoms with Crippen LogP contribution in [0.1, 0.15) is 56.6 Å². The minimum absolute atomic E-state index is 0.404. The molecule has 9 heteroatoms. The summed E-state index contributed by atoms with van der Waals surface area (Å²) in [5.74, 6) is 1.60. The van der Waals surface area contributed by atoms with Crippen molar-refractivity contribution < 1.29 is 18.7 Å². The number of esters is 1. The van der Waals surface area contributed by atoms with Gasteiger partial charge in [-0.3, -0.25) is 4.90 Å². The third-order valence-corrected chi connectivity index (χ3v) is 7.03. The normalized spacial score (nSPS) is 12.1. The van der Waals surface area contributed by atoms with Crippen LogP contribution in [0.4, 0.5) is 0 Å². The summed E-state index contributed by atoms with van der Waals surface area (Å²) in [5, 5.41) is 3.01. The van der Waals surface area contributed by atoms with Crippen molar-refractivity contribution in [3.63, 3.8) is 0 Å². The Morgan fingerprint density at radius 1 is 1.05 bits per heavy atom. The molecule has 0 spiro atoms. The number of oxazole rings is 1. The number of hydrogen-bond acceptors (Lipinski definition) is 8. The number of carbonyl (C=O) groups is 1. The summed E-state index contributed by atoms with van der Waals surface area (Å²) >= 11 is 5.15. The fraction of sp³-hybridized carbons (Fsp3) is 0.367. The predicted octanol–water partition coefficient (Wildman–Crippen LogP) is 7.57. The van der Waals surface area contributed by atoms with Gasteiger partial charge in [0.15, 0.2) is 5.60 Å². The lowest BCUT2D eigenvalue weighted by atomic mass is 10.1. The molecule has 206 valence electrons. The molecule has 0 amide bonds. The van der Waals surface area contributed by atoms with Gasteiger partial charge in [0.2, 0.25) is 5.89 Å². The van der Waals surface area contributed by atoms with E-state index in [-0.39, 0.29) is 0 Å². The highest BCUT2D eigenvalue weighted by Gasteiger charge is 2.34. The third-order valence-electron chi connectivity index (χ3n) is 5.77. The van der Waals surface area contributed by atoms with Crippen molar-refractivity contribution in [2.24, 2.45) is 0 Å². The molecular formula is C30H34BrN3O4S. The molecule has 2 heterocycles. The Bertz CT molecular complexity index is 1390. The van der Waals surface area contributed by atoms with Gasteiger partial charge in [-0.2, -0.15) is 0 Å². The largest absolute Gasteiger partial charge is 0.476 e. The molecule has 0 fully saturated rings. The molecule has 0 aliphatic heterocycles. The zero-order valence-corrected chi connectivity index (χ0v) is 25.6. The van der Waals surface area contributed by atoms with Crippen LogP contribution in [0.5, 0.6) is 5.75 Å². The minimum Gasteiger partial charge on any atom is -0.476 e. The maximum Gasteiger partial charge on any atom is 0.350 e. The highest BCUT2D eigenvalue weighted by Crippen LogP contribution is 2.27. The van der Waals surface area contributed by atoms with E-state index in [1.165, 1.54) is 0 Å². The molecule has 0 bridgehead atoms. The number of hydrogen-bond donors (Lipinski definition) is 0. The molecule has 4 rings (SSSR count). The van der Waals surface area contributed by atoms with Crippen LogP contribution < -0.4 is 4.74 Å². The predicted molar refractivity (Wildman–Crippen MR) is 156 cm³/mol. The topological polar surface area (TPSA) is 77.7 Å². The molecule has 0 saturated heterocycles. The second-order valence-corrected chi connectivity index (χ2v) is 12.8. The first-order valence-electron chi connectivity index (χ1n) is 12.7. The standard InChI is InChI=1S/C30H34BrN3O4S/c1-20-25(33-27(36-20)22-8-7-9-23(31)16-22)18-34(19-26-32-14-15-39-26)17-21-10-12-24(13-11-21)37-30(5,6)28(35)38-29(2,3)4/h7-16H,17-19H2,1-6H3. The first-order chi connectivity index (χ1) is 18.4. The van der Waals surface area contributed by atoms with Crippen molar-refractivity contribution in [3.8, 4) is 17.2 Å². The lowest BCUT2D eigenvalue weighted by Gasteiger charge is -2.29. The number of thiazole rings is 1. The Hall–Kier alpha value is -3.01. The van der Waals surface area contributed by atoms with Crippen molar-refractivity contribution in [3.05, 3.63) is 86.6 Å². The first kappa shape index (κ1) is 29.0. The SMILES string of the molecule is Cc1oc(-c2cccc(Br)c2)nc1CN(Cc1ccc(OC(C)(C)C(=O)OC(C)(C)C)cc1)Cc1nccs1. The Labute approximate surface area is 242 Å². The molecule has 0 aliphatic carbocycles. The number of rotatable bonds is 10. The Morgan fingerprint density at radius 2 is 1.79 bits per heavy atom. The van der Waals surface area contributed by atoms with Crippen LogP contribution in [0.15, 0.2) is 69.0 Å². The Morgan fingerprint density at radius 3 is 2.44 bits per heavy atom. The van der Waals surface area contributed by atoms with E-state index in [4.69, 9.17) is 18.9 Å². The summed E-state index contributed by atoms with van der Waals surface area (Å²) in [7, 11) is 0. The van der Waals surface area contributed by atoms with Crippen LogP contribution in [-0.2, 0) is 29.2 Å². The lowest BCUT2D eigenvalue weighted by Crippen LogP contribution is -2.43. The molecule has 39 heavy (non-hydrogen) atoms. The van der Waals surface area contributed by atoms with Gasteiger partial charge in [0.1, 0.15) is 22.1 Å². The summed E-state index contributed by atoms with van der Waals surface area (Å²) in [6.45, 7) is 12.9. The maximum atomic E-state index is 12.6. The molecule has 0 unspecified atom stereocenters. The van der Waals surface area contributed by atoms with E-state index in [1.807, 2.05) is 87.8 Å². The molecule has 0 N–H and O–H groups in total. The van der Waals surface area contributed by atoms with Crippen LogP contribution in [0.3, 0.4) is 0 Å². The zero-order valence-electron chi connectivity index (χ0n) is 23.2. The van der Waals surface area contributed by atoms with Gasteiger partial charge in [-0.1, -0.05) is 34.1 Å². The van der Waals surface area contributed by atoms with Crippen molar-refractivity contribution in [1.82, 2.24) is 14.9 Å². The molecular weight excluding hydrogens is 578 g/mol. The van der Waals surface area contributed by atoms with E-state index in [9.17, 15) is 4.79 Å². The summed E-state index contributed by atoms with van der Waals surface area (Å²) in [6, 6.07) is 15.7. The van der Waals surface area contributed by atoms with Crippen molar-refractivity contribution >= 4 is 33.2 Å². The van der Waals surface area contributed by atoms with Crippen LogP contribution in [0.2, 0.25) is 0 Å². The maximum absolute atomic E-state index is 12.6. The Balaban J connectivity index is 1.48. The first-order valence-corrected chi connectivity index (χ1v) is 14.4. The van der Waals surface area contributed by atoms with Gasteiger partial charge in [-0.05, 0) is 77.4 Å². The van der Waals surface area contributed by atoms with Crippen LogP contribution >= 0.6 is 27.3 Å². The third kappa shape index (κ3) is 8.24. The molecule has 0 atom stereocenters. The van der Waals surface area contributed by atoms with Crippen molar-refractivity contribution in [2.45, 2.75) is 72.4 Å². The molecule has 2 aromatic heterocycles. The number of aromatic nitrogens is 2. The van der Waals surface area contributed by atoms with Gasteiger partial charge in [0.05, 0.1) is 12.2 Å². The van der Waals surface area contributed by atoms with E-state index in [0.717, 1.165) is 32.1 Å². The van der Waals surface area contributed by atoms with E-state index in [0.29, 0.717) is 31.3 Å². The van der Waals surface area contributed by atoms with E-state index in [1.54, 1.807) is 25.2 Å². The van der Waals surface area contributed by atoms with E-state index in [2.05, 4.69) is 25.8 Å². The number of nitrogens with zero attached hydrogens (tertiary/aromatic N) is 3. The second-order valence-electron chi connectivity index (χ2n) is 10.9. The van der Waals surface area contributed by atoms with Gasteiger partial charge in [0.25, 0.3) is 0 Å². The van der Waals surface area contributed by atoms with Gasteiger partial charge >= 0.3 is 5.97 Å². The van der Waals surface area contributed by atoms with Gasteiger partial charge < -0.3 is 13.9 Å². The zero-order chi connectivity index (χ0) is 28.2. The molecule has 2 aromatic carbocycles. The smallest absolute Gasteiger partial charge is 0.350 e. The number of ether oxygens (including phenoxy) is 2. The number of halogens is 1. The molecule has 0 radical (unpaired) electrons. The fourth-order valence-electron chi connectivity index (χ4n) is 3.88. The summed E-state index contributed by atoms with van der Waals surface area (Å²) < 4.78 is 18.5. The van der Waals surface area contributed by atoms with Crippen molar-refractivity contribution in [1.29, 1.82) is 0 Å². The second kappa shape index (κ2) is 12.0. The Kier molecular flexibility index (Phi) is 8.93. The average Bonchev–Trinajstić information content (AvgIpc) is 3.49. The molecule has 0 aliphatic rings. The van der Waals surface area contributed by atoms with Crippen LogP contribution in [-0.4, -0.2) is 32.0 Å². The van der Waals surface area contributed by atoms with Gasteiger partial charge in [-0.25, -0.2) is 14.8 Å². The van der Waals surface area contributed by atoms with E-state index >= 15 is 0 Å². The number of aryl methyl sites for hydroxylation is 1. The van der Waals surface area contributed by atoms with Crippen molar-refractivity contribution in [2.75, 3.05) is 0 Å². The molecule has 0 saturated carbocycles. The lowest BCUT2D eigenvalue weighted by molar-refractivity contribution is -0.170. The number of benzene rings is 2. The highest BCUT2D eigenvalue weighted by atomic mass is 79.9.